The molecule has 0 spiro atoms. The fourth-order valence-electron chi connectivity index (χ4n) is 1.89. The van der Waals surface area contributed by atoms with E-state index in [-0.39, 0.29) is 11.3 Å². The molecule has 2 heterocycles. The van der Waals surface area contributed by atoms with Crippen molar-refractivity contribution < 1.29 is 4.79 Å². The maximum Gasteiger partial charge on any atom is 0.274 e. The first-order valence-corrected chi connectivity index (χ1v) is 5.61. The van der Waals surface area contributed by atoms with E-state index in [1.165, 1.54) is 12.4 Å². The molecule has 1 amide bonds. The van der Waals surface area contributed by atoms with Crippen LogP contribution >= 0.6 is 0 Å². The van der Waals surface area contributed by atoms with Gasteiger partial charge < -0.3 is 4.90 Å². The number of rotatable bonds is 1. The summed E-state index contributed by atoms with van der Waals surface area (Å²) in [4.78, 5) is 21.7. The standard InChI is InChI=1S/C12H14N4O/c1-12(9-13)2-6-16(7-3-12)11(17)10-8-14-4-5-15-10/h4-5,8H,2-3,6-7H2,1H3. The van der Waals surface area contributed by atoms with Crippen LogP contribution in [0.1, 0.15) is 30.3 Å². The zero-order valence-electron chi connectivity index (χ0n) is 9.76. The molecule has 88 valence electrons. The van der Waals surface area contributed by atoms with Crippen molar-refractivity contribution in [2.75, 3.05) is 13.1 Å². The Labute approximate surface area is 100 Å². The number of amides is 1. The van der Waals surface area contributed by atoms with Gasteiger partial charge in [-0.3, -0.25) is 9.78 Å². The van der Waals surface area contributed by atoms with Gasteiger partial charge in [0, 0.05) is 25.5 Å². The van der Waals surface area contributed by atoms with Crippen molar-refractivity contribution in [3.63, 3.8) is 0 Å². The number of nitrogens with zero attached hydrogens (tertiary/aromatic N) is 4. The smallest absolute Gasteiger partial charge is 0.274 e. The van der Waals surface area contributed by atoms with Crippen molar-refractivity contribution in [3.05, 3.63) is 24.3 Å². The zero-order valence-corrected chi connectivity index (χ0v) is 9.76. The molecule has 1 fully saturated rings. The zero-order chi connectivity index (χ0) is 12.3. The largest absolute Gasteiger partial charge is 0.337 e. The van der Waals surface area contributed by atoms with Crippen molar-refractivity contribution >= 4 is 5.91 Å². The van der Waals surface area contributed by atoms with Gasteiger partial charge in [-0.25, -0.2) is 4.98 Å². The number of carbonyl (C=O) groups excluding carboxylic acids is 1. The molecular formula is C12H14N4O. The predicted molar refractivity (Wildman–Crippen MR) is 60.9 cm³/mol. The average molecular weight is 230 g/mol. The fourth-order valence-corrected chi connectivity index (χ4v) is 1.89. The lowest BCUT2D eigenvalue weighted by molar-refractivity contribution is 0.0655. The molecule has 5 heteroatoms. The summed E-state index contributed by atoms with van der Waals surface area (Å²) in [6, 6.07) is 2.31. The van der Waals surface area contributed by atoms with Crippen LogP contribution in [0.3, 0.4) is 0 Å². The highest BCUT2D eigenvalue weighted by molar-refractivity contribution is 5.92. The average Bonchev–Trinajstić information content (AvgIpc) is 2.40. The Kier molecular flexibility index (Phi) is 3.05. The van der Waals surface area contributed by atoms with E-state index in [0.29, 0.717) is 18.8 Å². The lowest BCUT2D eigenvalue weighted by Gasteiger charge is -2.34. The molecule has 1 aliphatic rings. The molecule has 0 aromatic carbocycles. The van der Waals surface area contributed by atoms with E-state index in [1.807, 2.05) is 6.92 Å². The van der Waals surface area contributed by atoms with E-state index < -0.39 is 0 Å². The topological polar surface area (TPSA) is 69.9 Å². The van der Waals surface area contributed by atoms with Crippen molar-refractivity contribution in [3.8, 4) is 6.07 Å². The molecule has 17 heavy (non-hydrogen) atoms. The van der Waals surface area contributed by atoms with E-state index in [1.54, 1.807) is 11.1 Å². The first kappa shape index (κ1) is 11.5. The lowest BCUT2D eigenvalue weighted by Crippen LogP contribution is -2.41. The normalized spacial score (nSPS) is 18.5. The van der Waals surface area contributed by atoms with Crippen LogP contribution in [0, 0.1) is 16.7 Å². The Hall–Kier alpha value is -1.96. The van der Waals surface area contributed by atoms with Gasteiger partial charge in [0.15, 0.2) is 0 Å². The molecule has 5 nitrogen and oxygen atoms in total. The summed E-state index contributed by atoms with van der Waals surface area (Å²) in [5, 5.41) is 9.02. The highest BCUT2D eigenvalue weighted by Gasteiger charge is 2.32. The summed E-state index contributed by atoms with van der Waals surface area (Å²) in [5.74, 6) is -0.0990. The Bertz CT molecular complexity index is 443. The highest BCUT2D eigenvalue weighted by atomic mass is 16.2. The van der Waals surface area contributed by atoms with Gasteiger partial charge in [-0.1, -0.05) is 0 Å². The van der Waals surface area contributed by atoms with Gasteiger partial charge in [0.2, 0.25) is 0 Å². The number of aromatic nitrogens is 2. The summed E-state index contributed by atoms with van der Waals surface area (Å²) in [7, 11) is 0. The Morgan fingerprint density at radius 1 is 1.47 bits per heavy atom. The van der Waals surface area contributed by atoms with Crippen molar-refractivity contribution in [2.45, 2.75) is 19.8 Å². The molecule has 1 saturated heterocycles. The quantitative estimate of drug-likeness (QED) is 0.727. The van der Waals surface area contributed by atoms with E-state index in [4.69, 9.17) is 5.26 Å². The predicted octanol–water partition coefficient (Wildman–Crippen LogP) is 1.24. The first-order valence-electron chi connectivity index (χ1n) is 5.61. The Morgan fingerprint density at radius 2 is 2.18 bits per heavy atom. The molecule has 0 saturated carbocycles. The Morgan fingerprint density at radius 3 is 2.71 bits per heavy atom. The number of nitriles is 1. The molecular weight excluding hydrogens is 216 g/mol. The van der Waals surface area contributed by atoms with Crippen molar-refractivity contribution in [1.82, 2.24) is 14.9 Å². The minimum atomic E-state index is -0.293. The number of carbonyl (C=O) groups is 1. The van der Waals surface area contributed by atoms with E-state index >= 15 is 0 Å². The number of piperidine rings is 1. The van der Waals surface area contributed by atoms with Crippen molar-refractivity contribution in [2.24, 2.45) is 5.41 Å². The van der Waals surface area contributed by atoms with E-state index in [2.05, 4.69) is 16.0 Å². The molecule has 1 aliphatic heterocycles. The van der Waals surface area contributed by atoms with Crippen LogP contribution in [0.25, 0.3) is 0 Å². The lowest BCUT2D eigenvalue weighted by atomic mass is 9.82. The minimum absolute atomic E-state index is 0.0990. The van der Waals surface area contributed by atoms with Gasteiger partial charge >= 0.3 is 0 Å². The molecule has 0 aliphatic carbocycles. The summed E-state index contributed by atoms with van der Waals surface area (Å²) >= 11 is 0. The van der Waals surface area contributed by atoms with Crippen LogP contribution in [-0.4, -0.2) is 33.9 Å². The van der Waals surface area contributed by atoms with E-state index in [0.717, 1.165) is 12.8 Å². The molecule has 0 unspecified atom stereocenters. The maximum absolute atomic E-state index is 12.0. The molecule has 0 N–H and O–H groups in total. The van der Waals surface area contributed by atoms with Gasteiger partial charge in [-0.05, 0) is 19.8 Å². The number of likely N-dealkylation sites (tertiary alicyclic amines) is 1. The highest BCUT2D eigenvalue weighted by Crippen LogP contribution is 2.30. The van der Waals surface area contributed by atoms with Gasteiger partial charge in [-0.2, -0.15) is 5.26 Å². The van der Waals surface area contributed by atoms with Crippen LogP contribution in [-0.2, 0) is 0 Å². The summed E-state index contributed by atoms with van der Waals surface area (Å²) in [5.41, 5.74) is 0.0761. The monoisotopic (exact) mass is 230 g/mol. The number of hydrogen-bond donors (Lipinski definition) is 0. The third-order valence-electron chi connectivity index (χ3n) is 3.21. The van der Waals surface area contributed by atoms with Gasteiger partial charge in [0.25, 0.3) is 5.91 Å². The second-order valence-corrected chi connectivity index (χ2v) is 4.56. The minimum Gasteiger partial charge on any atom is -0.337 e. The fraction of sp³-hybridized carbons (Fsp3) is 0.500. The summed E-state index contributed by atoms with van der Waals surface area (Å²) < 4.78 is 0. The van der Waals surface area contributed by atoms with Gasteiger partial charge in [0.05, 0.1) is 17.7 Å². The summed E-state index contributed by atoms with van der Waals surface area (Å²) in [6.45, 7) is 3.16. The van der Waals surface area contributed by atoms with Gasteiger partial charge in [-0.15, -0.1) is 0 Å². The Balaban J connectivity index is 2.03. The first-order chi connectivity index (χ1) is 8.14. The second kappa shape index (κ2) is 4.50. The van der Waals surface area contributed by atoms with E-state index in [9.17, 15) is 4.79 Å². The van der Waals surface area contributed by atoms with Gasteiger partial charge in [0.1, 0.15) is 5.69 Å². The van der Waals surface area contributed by atoms with Crippen LogP contribution < -0.4 is 0 Å². The molecule has 1 aromatic heterocycles. The molecule has 0 bridgehead atoms. The molecule has 1 aromatic rings. The molecule has 0 radical (unpaired) electrons. The maximum atomic E-state index is 12.0. The summed E-state index contributed by atoms with van der Waals surface area (Å²) in [6.07, 6.45) is 5.96. The van der Waals surface area contributed by atoms with Crippen LogP contribution in [0.4, 0.5) is 0 Å². The molecule has 0 atom stereocenters. The third kappa shape index (κ3) is 2.41. The number of hydrogen-bond acceptors (Lipinski definition) is 4. The van der Waals surface area contributed by atoms with Crippen LogP contribution in [0.15, 0.2) is 18.6 Å². The van der Waals surface area contributed by atoms with Crippen LogP contribution in [0.5, 0.6) is 0 Å². The van der Waals surface area contributed by atoms with Crippen LogP contribution in [0.2, 0.25) is 0 Å². The second-order valence-electron chi connectivity index (χ2n) is 4.56. The molecule has 2 rings (SSSR count). The van der Waals surface area contributed by atoms with Crippen molar-refractivity contribution in [1.29, 1.82) is 5.26 Å². The third-order valence-corrected chi connectivity index (χ3v) is 3.21. The SMILES string of the molecule is CC1(C#N)CCN(C(=O)c2cnccn2)CC1.